The Balaban J connectivity index is 0.00000112. The molecule has 8 heteroatoms. The van der Waals surface area contributed by atoms with Crippen LogP contribution in [0.4, 0.5) is 8.78 Å². The van der Waals surface area contributed by atoms with Crippen LogP contribution in [0.25, 0.3) is 10.9 Å². The standard InChI is InChI=1S/C21H22F2N2O4.C2H6/c1-27-12-5-6-14-13(7-12)16-18(17(25-14)11-3-4-11)29-20(9-21(16,22)23)8-15(24-10-20)19(26)28-2;1-2/h5-7,11,15,24H,3-4,8-10H2,1-2H3;1-2H3/t15-,20?;/m0./s1. The molecule has 2 atom stereocenters. The molecule has 6 nitrogen and oxygen atoms in total. The van der Waals surface area contributed by atoms with Crippen LogP contribution in [-0.4, -0.2) is 43.4 Å². The number of halogens is 2. The molecule has 1 aliphatic carbocycles. The number of methoxy groups -OCH3 is 2. The van der Waals surface area contributed by atoms with Gasteiger partial charge in [0.1, 0.15) is 17.4 Å². The molecule has 0 bridgehead atoms. The number of hydrogen-bond acceptors (Lipinski definition) is 6. The van der Waals surface area contributed by atoms with Gasteiger partial charge < -0.3 is 19.5 Å². The molecule has 1 saturated carbocycles. The first-order valence-electron chi connectivity index (χ1n) is 10.8. The first kappa shape index (κ1) is 21.7. The van der Waals surface area contributed by atoms with E-state index in [-0.39, 0.29) is 30.2 Å². The summed E-state index contributed by atoms with van der Waals surface area (Å²) in [5, 5.41) is 3.33. The molecule has 0 radical (unpaired) electrons. The van der Waals surface area contributed by atoms with Crippen LogP contribution in [-0.2, 0) is 15.5 Å². The van der Waals surface area contributed by atoms with Gasteiger partial charge in [-0.3, -0.25) is 4.79 Å². The van der Waals surface area contributed by atoms with Gasteiger partial charge in [0.2, 0.25) is 0 Å². The maximum atomic E-state index is 15.6. The van der Waals surface area contributed by atoms with Crippen molar-refractivity contribution < 1.29 is 27.8 Å². The van der Waals surface area contributed by atoms with E-state index in [0.29, 0.717) is 22.3 Å². The second kappa shape index (κ2) is 7.89. The van der Waals surface area contributed by atoms with E-state index in [9.17, 15) is 4.79 Å². The van der Waals surface area contributed by atoms with Crippen molar-refractivity contribution in [2.24, 2.45) is 0 Å². The Morgan fingerprint density at radius 2 is 2.00 bits per heavy atom. The topological polar surface area (TPSA) is 69.7 Å². The molecule has 31 heavy (non-hydrogen) atoms. The lowest BCUT2D eigenvalue weighted by atomic mass is 9.84. The predicted molar refractivity (Wildman–Crippen MR) is 112 cm³/mol. The summed E-state index contributed by atoms with van der Waals surface area (Å²) < 4.78 is 47.6. The zero-order valence-corrected chi connectivity index (χ0v) is 18.3. The smallest absolute Gasteiger partial charge is 0.323 e. The number of nitrogens with zero attached hydrogens (tertiary/aromatic N) is 1. The van der Waals surface area contributed by atoms with Crippen molar-refractivity contribution in [2.75, 3.05) is 20.8 Å². The van der Waals surface area contributed by atoms with Crippen molar-refractivity contribution in [1.29, 1.82) is 0 Å². The van der Waals surface area contributed by atoms with Crippen LogP contribution in [0.15, 0.2) is 18.2 Å². The Bertz CT molecular complexity index is 1010. The normalized spacial score (nSPS) is 25.9. The summed E-state index contributed by atoms with van der Waals surface area (Å²) >= 11 is 0. The van der Waals surface area contributed by atoms with Crippen molar-refractivity contribution in [3.05, 3.63) is 29.5 Å². The highest BCUT2D eigenvalue weighted by molar-refractivity contribution is 5.87. The van der Waals surface area contributed by atoms with Gasteiger partial charge in [-0.25, -0.2) is 13.8 Å². The van der Waals surface area contributed by atoms with Gasteiger partial charge in [0.15, 0.2) is 5.75 Å². The van der Waals surface area contributed by atoms with Crippen LogP contribution in [0, 0.1) is 0 Å². The Morgan fingerprint density at radius 1 is 1.26 bits per heavy atom. The summed E-state index contributed by atoms with van der Waals surface area (Å²) in [6.07, 6.45) is 1.45. The molecule has 0 amide bonds. The molecule has 1 aromatic heterocycles. The summed E-state index contributed by atoms with van der Waals surface area (Å²) in [7, 11) is 2.79. The summed E-state index contributed by atoms with van der Waals surface area (Å²) in [5.74, 6) is -2.80. The Hall–Kier alpha value is -2.48. The molecule has 1 unspecified atom stereocenters. The van der Waals surface area contributed by atoms with Crippen molar-refractivity contribution in [3.63, 3.8) is 0 Å². The highest BCUT2D eigenvalue weighted by Crippen LogP contribution is 2.56. The van der Waals surface area contributed by atoms with E-state index in [1.165, 1.54) is 14.2 Å². The quantitative estimate of drug-likeness (QED) is 0.727. The molecule has 3 heterocycles. The molecule has 1 spiro atoms. The van der Waals surface area contributed by atoms with Crippen LogP contribution in [0.2, 0.25) is 0 Å². The van der Waals surface area contributed by atoms with Gasteiger partial charge in [0.05, 0.1) is 37.4 Å². The lowest BCUT2D eigenvalue weighted by Crippen LogP contribution is -2.47. The van der Waals surface area contributed by atoms with Gasteiger partial charge in [-0.1, -0.05) is 13.8 Å². The molecule has 2 aromatic rings. The number of alkyl halides is 2. The number of fused-ring (bicyclic) bond motifs is 3. The third kappa shape index (κ3) is 3.71. The lowest BCUT2D eigenvalue weighted by Gasteiger charge is -2.40. The molecule has 1 saturated heterocycles. The Morgan fingerprint density at radius 3 is 2.65 bits per heavy atom. The van der Waals surface area contributed by atoms with Crippen LogP contribution < -0.4 is 14.8 Å². The van der Waals surface area contributed by atoms with Crippen molar-refractivity contribution in [3.8, 4) is 11.5 Å². The van der Waals surface area contributed by atoms with E-state index in [1.54, 1.807) is 18.2 Å². The number of hydrogen-bond donors (Lipinski definition) is 1. The van der Waals surface area contributed by atoms with Gasteiger partial charge >= 0.3 is 5.97 Å². The number of aromatic nitrogens is 1. The number of rotatable bonds is 3. The van der Waals surface area contributed by atoms with Crippen LogP contribution >= 0.6 is 0 Å². The summed E-state index contributed by atoms with van der Waals surface area (Å²) in [6, 6.07) is 4.38. The number of carbonyl (C=O) groups excluding carboxylic acids is 1. The van der Waals surface area contributed by atoms with E-state index >= 15 is 8.78 Å². The average Bonchev–Trinajstić information content (AvgIpc) is 3.54. The zero-order chi connectivity index (χ0) is 22.4. The summed E-state index contributed by atoms with van der Waals surface area (Å²) in [4.78, 5) is 16.6. The number of benzene rings is 1. The maximum absolute atomic E-state index is 15.6. The fourth-order valence-corrected chi connectivity index (χ4v) is 4.56. The fourth-order valence-electron chi connectivity index (χ4n) is 4.56. The third-order valence-corrected chi connectivity index (χ3v) is 6.10. The van der Waals surface area contributed by atoms with E-state index in [4.69, 9.17) is 19.2 Å². The highest BCUT2D eigenvalue weighted by Gasteiger charge is 2.57. The number of nitrogens with one attached hydrogen (secondary N) is 1. The maximum Gasteiger partial charge on any atom is 0.323 e. The van der Waals surface area contributed by atoms with E-state index in [0.717, 1.165) is 12.8 Å². The second-order valence-corrected chi connectivity index (χ2v) is 8.19. The van der Waals surface area contributed by atoms with Gasteiger partial charge in [-0.2, -0.15) is 0 Å². The van der Waals surface area contributed by atoms with Crippen LogP contribution in [0.5, 0.6) is 11.5 Å². The first-order chi connectivity index (χ1) is 14.9. The SMILES string of the molecule is CC.COC(=O)[C@@H]1CC2(CN1)CC(F)(F)c1c(c(C3CC3)nc3ccc(OC)cc13)O2. The lowest BCUT2D eigenvalue weighted by molar-refractivity contribution is -0.143. The largest absolute Gasteiger partial charge is 0.497 e. The second-order valence-electron chi connectivity index (χ2n) is 8.19. The molecule has 3 aliphatic rings. The van der Waals surface area contributed by atoms with Crippen molar-refractivity contribution in [2.45, 2.75) is 63.0 Å². The zero-order valence-electron chi connectivity index (χ0n) is 18.3. The molecular weight excluding hydrogens is 406 g/mol. The molecule has 1 aromatic carbocycles. The van der Waals surface area contributed by atoms with E-state index < -0.39 is 30.0 Å². The predicted octanol–water partition coefficient (Wildman–Crippen LogP) is 4.30. The Kier molecular flexibility index (Phi) is 5.54. The van der Waals surface area contributed by atoms with Crippen molar-refractivity contribution >= 4 is 16.9 Å². The monoisotopic (exact) mass is 434 g/mol. The Labute approximate surface area is 180 Å². The molecule has 2 aliphatic heterocycles. The minimum absolute atomic E-state index is 0.115. The minimum atomic E-state index is -3.13. The summed E-state index contributed by atoms with van der Waals surface area (Å²) in [5.41, 5.74) is -0.177. The molecule has 168 valence electrons. The van der Waals surface area contributed by atoms with Crippen LogP contribution in [0.3, 0.4) is 0 Å². The van der Waals surface area contributed by atoms with E-state index in [1.807, 2.05) is 13.8 Å². The first-order valence-corrected chi connectivity index (χ1v) is 10.8. The van der Waals surface area contributed by atoms with Gasteiger partial charge in [-0.05, 0) is 31.0 Å². The molecule has 2 fully saturated rings. The third-order valence-electron chi connectivity index (χ3n) is 6.10. The van der Waals surface area contributed by atoms with Gasteiger partial charge in [0.25, 0.3) is 5.92 Å². The number of ether oxygens (including phenoxy) is 3. The number of esters is 1. The van der Waals surface area contributed by atoms with Gasteiger partial charge in [-0.15, -0.1) is 0 Å². The minimum Gasteiger partial charge on any atom is -0.497 e. The molecule has 5 rings (SSSR count). The summed E-state index contributed by atoms with van der Waals surface area (Å²) in [6.45, 7) is 4.15. The van der Waals surface area contributed by atoms with E-state index in [2.05, 4.69) is 5.32 Å². The average molecular weight is 434 g/mol. The fraction of sp³-hybridized carbons (Fsp3) is 0.565. The molecule has 1 N–H and O–H groups in total. The van der Waals surface area contributed by atoms with Crippen LogP contribution in [0.1, 0.15) is 56.7 Å². The van der Waals surface area contributed by atoms with Crippen molar-refractivity contribution in [1.82, 2.24) is 10.3 Å². The number of pyridine rings is 1. The molecular formula is C23H28F2N2O4. The number of carbonyl (C=O) groups is 1. The highest BCUT2D eigenvalue weighted by atomic mass is 19.3. The van der Waals surface area contributed by atoms with Gasteiger partial charge in [0, 0.05) is 24.3 Å².